The molecule has 3 heterocycles. The Morgan fingerprint density at radius 2 is 2.44 bits per heavy atom. The minimum absolute atomic E-state index is 0.218. The standard InChI is InChI=1S/C14H21NO3/c1-2-16-13-10-15(9-11-5-3-7-17-11)12-6-4-8-18-14(12)13/h3,5,7,12-14H,2,4,6,8-10H2,1H3/t12-,13+,14+/m1/s1. The molecule has 4 heteroatoms. The predicted molar refractivity (Wildman–Crippen MR) is 67.3 cm³/mol. The molecule has 3 atom stereocenters. The van der Waals surface area contributed by atoms with E-state index < -0.39 is 0 Å². The lowest BCUT2D eigenvalue weighted by molar-refractivity contribution is -0.0751. The molecule has 0 bridgehead atoms. The Hall–Kier alpha value is -0.840. The van der Waals surface area contributed by atoms with Gasteiger partial charge in [0.2, 0.25) is 0 Å². The van der Waals surface area contributed by atoms with Crippen LogP contribution in [0.15, 0.2) is 22.8 Å². The van der Waals surface area contributed by atoms with Crippen LogP contribution in [-0.4, -0.2) is 42.9 Å². The van der Waals surface area contributed by atoms with Gasteiger partial charge < -0.3 is 13.9 Å². The van der Waals surface area contributed by atoms with Crippen molar-refractivity contribution in [3.05, 3.63) is 24.2 Å². The summed E-state index contributed by atoms with van der Waals surface area (Å²) in [7, 11) is 0. The largest absolute Gasteiger partial charge is 0.468 e. The molecule has 0 radical (unpaired) electrons. The summed E-state index contributed by atoms with van der Waals surface area (Å²) in [6, 6.07) is 4.47. The fourth-order valence-corrected chi connectivity index (χ4v) is 3.15. The molecule has 0 aliphatic carbocycles. The van der Waals surface area contributed by atoms with Crippen molar-refractivity contribution in [1.29, 1.82) is 0 Å². The lowest BCUT2D eigenvalue weighted by atomic mass is 10.0. The normalized spacial score (nSPS) is 32.6. The molecule has 2 fully saturated rings. The molecule has 0 amide bonds. The first kappa shape index (κ1) is 12.2. The van der Waals surface area contributed by atoms with Crippen molar-refractivity contribution in [2.75, 3.05) is 19.8 Å². The number of furan rings is 1. The zero-order valence-corrected chi connectivity index (χ0v) is 10.9. The van der Waals surface area contributed by atoms with Crippen LogP contribution < -0.4 is 0 Å². The van der Waals surface area contributed by atoms with Crippen LogP contribution in [0.3, 0.4) is 0 Å². The molecule has 0 spiro atoms. The van der Waals surface area contributed by atoms with E-state index in [9.17, 15) is 0 Å². The van der Waals surface area contributed by atoms with Gasteiger partial charge in [0.25, 0.3) is 0 Å². The van der Waals surface area contributed by atoms with Gasteiger partial charge in [0.1, 0.15) is 11.9 Å². The van der Waals surface area contributed by atoms with Gasteiger partial charge in [-0.15, -0.1) is 0 Å². The van der Waals surface area contributed by atoms with Crippen LogP contribution in [0.5, 0.6) is 0 Å². The number of hydrogen-bond donors (Lipinski definition) is 0. The lowest BCUT2D eigenvalue weighted by Crippen LogP contribution is -2.41. The first-order valence-corrected chi connectivity index (χ1v) is 6.88. The van der Waals surface area contributed by atoms with Gasteiger partial charge in [-0.25, -0.2) is 0 Å². The lowest BCUT2D eigenvalue weighted by Gasteiger charge is -2.31. The van der Waals surface area contributed by atoms with E-state index in [1.807, 2.05) is 19.1 Å². The van der Waals surface area contributed by atoms with Crippen molar-refractivity contribution in [2.24, 2.45) is 0 Å². The Morgan fingerprint density at radius 1 is 1.50 bits per heavy atom. The van der Waals surface area contributed by atoms with Crippen LogP contribution >= 0.6 is 0 Å². The van der Waals surface area contributed by atoms with Gasteiger partial charge in [-0.05, 0) is 31.9 Å². The van der Waals surface area contributed by atoms with E-state index in [-0.39, 0.29) is 12.2 Å². The van der Waals surface area contributed by atoms with E-state index in [1.54, 1.807) is 6.26 Å². The van der Waals surface area contributed by atoms with E-state index in [2.05, 4.69) is 4.90 Å². The first-order valence-electron chi connectivity index (χ1n) is 6.88. The summed E-state index contributed by atoms with van der Waals surface area (Å²) < 4.78 is 17.2. The van der Waals surface area contributed by atoms with Gasteiger partial charge in [-0.1, -0.05) is 0 Å². The molecule has 4 nitrogen and oxygen atoms in total. The molecule has 2 aliphatic heterocycles. The highest BCUT2D eigenvalue weighted by Crippen LogP contribution is 2.31. The molecular weight excluding hydrogens is 230 g/mol. The number of rotatable bonds is 4. The first-order chi connectivity index (χ1) is 8.88. The van der Waals surface area contributed by atoms with Gasteiger partial charge in [0.15, 0.2) is 0 Å². The van der Waals surface area contributed by atoms with Crippen LogP contribution in [0.1, 0.15) is 25.5 Å². The average Bonchev–Trinajstić information content (AvgIpc) is 3.00. The molecule has 0 N–H and O–H groups in total. The zero-order valence-electron chi connectivity index (χ0n) is 10.9. The van der Waals surface area contributed by atoms with E-state index >= 15 is 0 Å². The molecule has 2 saturated heterocycles. The number of nitrogens with zero attached hydrogens (tertiary/aromatic N) is 1. The van der Waals surface area contributed by atoms with E-state index in [0.717, 1.165) is 38.5 Å². The Balaban J connectivity index is 1.70. The Morgan fingerprint density at radius 3 is 3.22 bits per heavy atom. The molecule has 18 heavy (non-hydrogen) atoms. The second kappa shape index (κ2) is 5.43. The van der Waals surface area contributed by atoms with Crippen molar-refractivity contribution >= 4 is 0 Å². The summed E-state index contributed by atoms with van der Waals surface area (Å²) in [6.45, 7) is 5.49. The highest BCUT2D eigenvalue weighted by Gasteiger charge is 2.44. The maximum absolute atomic E-state index is 5.92. The fraction of sp³-hybridized carbons (Fsp3) is 0.714. The van der Waals surface area contributed by atoms with Gasteiger partial charge in [-0.3, -0.25) is 4.90 Å². The van der Waals surface area contributed by atoms with Crippen molar-refractivity contribution in [3.63, 3.8) is 0 Å². The van der Waals surface area contributed by atoms with Gasteiger partial charge >= 0.3 is 0 Å². The Bertz CT molecular complexity index is 365. The molecule has 3 rings (SSSR count). The smallest absolute Gasteiger partial charge is 0.117 e. The zero-order chi connectivity index (χ0) is 12.4. The Kier molecular flexibility index (Phi) is 3.68. The summed E-state index contributed by atoms with van der Waals surface area (Å²) in [4.78, 5) is 2.45. The third-order valence-corrected chi connectivity index (χ3v) is 3.90. The number of ether oxygens (including phenoxy) is 2. The molecule has 1 aromatic heterocycles. The van der Waals surface area contributed by atoms with Crippen LogP contribution in [0, 0.1) is 0 Å². The van der Waals surface area contributed by atoms with Gasteiger partial charge in [0.05, 0.1) is 18.9 Å². The van der Waals surface area contributed by atoms with Crippen LogP contribution in [-0.2, 0) is 16.0 Å². The maximum atomic E-state index is 5.92. The third kappa shape index (κ3) is 2.32. The number of fused-ring (bicyclic) bond motifs is 1. The monoisotopic (exact) mass is 251 g/mol. The summed E-state index contributed by atoms with van der Waals surface area (Å²) in [5.74, 6) is 1.02. The second-order valence-corrected chi connectivity index (χ2v) is 5.05. The molecule has 1 aromatic rings. The minimum Gasteiger partial charge on any atom is -0.468 e. The molecular formula is C14H21NO3. The van der Waals surface area contributed by atoms with Crippen LogP contribution in [0.2, 0.25) is 0 Å². The van der Waals surface area contributed by atoms with Crippen molar-refractivity contribution < 1.29 is 13.9 Å². The summed E-state index contributed by atoms with van der Waals surface area (Å²) in [5, 5.41) is 0. The van der Waals surface area contributed by atoms with Crippen molar-refractivity contribution in [2.45, 2.75) is 44.6 Å². The third-order valence-electron chi connectivity index (χ3n) is 3.90. The predicted octanol–water partition coefficient (Wildman–Crippen LogP) is 2.05. The van der Waals surface area contributed by atoms with E-state index in [1.165, 1.54) is 6.42 Å². The van der Waals surface area contributed by atoms with Crippen LogP contribution in [0.4, 0.5) is 0 Å². The molecule has 100 valence electrons. The average molecular weight is 251 g/mol. The highest BCUT2D eigenvalue weighted by molar-refractivity contribution is 5.03. The Labute approximate surface area is 108 Å². The summed E-state index contributed by atoms with van der Waals surface area (Å²) in [5.41, 5.74) is 0. The van der Waals surface area contributed by atoms with Crippen LogP contribution in [0.25, 0.3) is 0 Å². The fourth-order valence-electron chi connectivity index (χ4n) is 3.15. The SMILES string of the molecule is CCO[C@H]1CN(Cc2ccco2)[C@@H]2CCCO[C@H]12. The quantitative estimate of drug-likeness (QED) is 0.820. The van der Waals surface area contributed by atoms with E-state index in [0.29, 0.717) is 6.04 Å². The highest BCUT2D eigenvalue weighted by atomic mass is 16.5. The number of likely N-dealkylation sites (tertiary alicyclic amines) is 1. The molecule has 0 aromatic carbocycles. The minimum atomic E-state index is 0.218. The van der Waals surface area contributed by atoms with E-state index in [4.69, 9.17) is 13.9 Å². The molecule has 0 saturated carbocycles. The van der Waals surface area contributed by atoms with Crippen molar-refractivity contribution in [3.8, 4) is 0 Å². The molecule has 2 aliphatic rings. The van der Waals surface area contributed by atoms with Crippen molar-refractivity contribution in [1.82, 2.24) is 4.90 Å². The maximum Gasteiger partial charge on any atom is 0.117 e. The van der Waals surface area contributed by atoms with Gasteiger partial charge in [0, 0.05) is 25.8 Å². The topological polar surface area (TPSA) is 34.8 Å². The summed E-state index contributed by atoms with van der Waals surface area (Å²) in [6.07, 6.45) is 4.55. The molecule has 0 unspecified atom stereocenters. The second-order valence-electron chi connectivity index (χ2n) is 5.05. The number of hydrogen-bond acceptors (Lipinski definition) is 4. The summed E-state index contributed by atoms with van der Waals surface area (Å²) >= 11 is 0. The van der Waals surface area contributed by atoms with Gasteiger partial charge in [-0.2, -0.15) is 0 Å².